The number of rotatable bonds is 4. The number of fused-ring (bicyclic) bond motifs is 2. The van der Waals surface area contributed by atoms with Gasteiger partial charge in [-0.25, -0.2) is 13.4 Å². The van der Waals surface area contributed by atoms with Gasteiger partial charge in [0.1, 0.15) is 11.0 Å². The van der Waals surface area contributed by atoms with Crippen molar-refractivity contribution < 1.29 is 13.2 Å². The Labute approximate surface area is 175 Å². The lowest BCUT2D eigenvalue weighted by Crippen LogP contribution is -2.46. The highest BCUT2D eigenvalue weighted by molar-refractivity contribution is 7.89. The molecule has 1 aromatic carbocycles. The molecule has 3 aromatic rings. The van der Waals surface area contributed by atoms with Crippen LogP contribution in [0, 0.1) is 0 Å². The number of benzene rings is 1. The number of ether oxygens (including phenoxy) is 1. The molecule has 0 radical (unpaired) electrons. The van der Waals surface area contributed by atoms with Crippen molar-refractivity contribution in [1.82, 2.24) is 24.0 Å². The molecule has 30 heavy (non-hydrogen) atoms. The van der Waals surface area contributed by atoms with E-state index < -0.39 is 10.0 Å². The van der Waals surface area contributed by atoms with E-state index in [9.17, 15) is 8.42 Å². The van der Waals surface area contributed by atoms with Crippen molar-refractivity contribution in [2.24, 2.45) is 7.05 Å². The molecule has 0 bridgehead atoms. The van der Waals surface area contributed by atoms with Gasteiger partial charge in [-0.2, -0.15) is 9.40 Å². The third-order valence-electron chi connectivity index (χ3n) is 5.61. The zero-order valence-electron chi connectivity index (χ0n) is 16.6. The van der Waals surface area contributed by atoms with Crippen LogP contribution in [0.1, 0.15) is 11.1 Å². The minimum Gasteiger partial charge on any atom is -0.470 e. The summed E-state index contributed by atoms with van der Waals surface area (Å²) in [4.78, 5) is 6.58. The zero-order chi connectivity index (χ0) is 20.7. The Morgan fingerprint density at radius 2 is 1.90 bits per heavy atom. The second-order valence-electron chi connectivity index (χ2n) is 7.78. The van der Waals surface area contributed by atoms with E-state index in [0.29, 0.717) is 26.2 Å². The Hall–Kier alpha value is -2.75. The lowest BCUT2D eigenvalue weighted by Gasteiger charge is -2.28. The fourth-order valence-electron chi connectivity index (χ4n) is 4.24. The number of likely N-dealkylation sites (tertiary alicyclic amines) is 1. The van der Waals surface area contributed by atoms with E-state index in [-0.39, 0.29) is 22.9 Å². The normalized spacial score (nSPS) is 23.4. The molecule has 0 aliphatic carbocycles. The Kier molecular flexibility index (Phi) is 4.80. The molecule has 0 spiro atoms. The highest BCUT2D eigenvalue weighted by Crippen LogP contribution is 2.36. The molecular weight excluding hydrogens is 402 g/mol. The highest BCUT2D eigenvalue weighted by atomic mass is 32.2. The van der Waals surface area contributed by atoms with Crippen molar-refractivity contribution in [3.8, 4) is 5.88 Å². The molecule has 0 N–H and O–H groups in total. The van der Waals surface area contributed by atoms with E-state index in [1.807, 2.05) is 49.8 Å². The van der Waals surface area contributed by atoms with E-state index in [2.05, 4.69) is 15.0 Å². The van der Waals surface area contributed by atoms with Gasteiger partial charge in [-0.05, 0) is 17.7 Å². The first-order chi connectivity index (χ1) is 14.5. The van der Waals surface area contributed by atoms with Gasteiger partial charge in [0, 0.05) is 51.2 Å². The molecule has 0 unspecified atom stereocenters. The van der Waals surface area contributed by atoms with Crippen LogP contribution in [0.25, 0.3) is 0 Å². The van der Waals surface area contributed by atoms with Gasteiger partial charge in [-0.1, -0.05) is 30.3 Å². The summed E-state index contributed by atoms with van der Waals surface area (Å²) in [5, 5.41) is 4.23. The second kappa shape index (κ2) is 7.50. The molecule has 1 fully saturated rings. The number of hydrogen-bond acceptors (Lipinski definition) is 6. The van der Waals surface area contributed by atoms with Crippen LogP contribution in [0.3, 0.4) is 0 Å². The summed E-state index contributed by atoms with van der Waals surface area (Å²) in [5.41, 5.74) is 2.03. The molecule has 0 saturated carbocycles. The van der Waals surface area contributed by atoms with E-state index in [4.69, 9.17) is 4.74 Å². The first-order valence-corrected chi connectivity index (χ1v) is 11.3. The van der Waals surface area contributed by atoms with Gasteiger partial charge in [0.05, 0.1) is 12.2 Å². The monoisotopic (exact) mass is 425 g/mol. The Morgan fingerprint density at radius 3 is 2.67 bits per heavy atom. The SMILES string of the molecule is Cn1cc(CN2C[C@@H]3Oc4ncccc4S(=O)(=O)N(Cc4ccccc4)[C@H]3C2)cn1. The maximum absolute atomic E-state index is 13.6. The number of hydrogen-bond donors (Lipinski definition) is 0. The van der Waals surface area contributed by atoms with Gasteiger partial charge in [-0.15, -0.1) is 0 Å². The van der Waals surface area contributed by atoms with Gasteiger partial charge in [0.25, 0.3) is 0 Å². The summed E-state index contributed by atoms with van der Waals surface area (Å²) in [7, 11) is -1.87. The fraction of sp³-hybridized carbons (Fsp3) is 0.333. The first-order valence-electron chi connectivity index (χ1n) is 9.88. The number of sulfonamides is 1. The predicted octanol–water partition coefficient (Wildman–Crippen LogP) is 1.65. The van der Waals surface area contributed by atoms with Gasteiger partial charge in [0.15, 0.2) is 0 Å². The van der Waals surface area contributed by atoms with Gasteiger partial charge in [0.2, 0.25) is 15.9 Å². The number of nitrogens with zero attached hydrogens (tertiary/aromatic N) is 5. The number of pyridine rings is 1. The lowest BCUT2D eigenvalue weighted by atomic mass is 10.1. The van der Waals surface area contributed by atoms with Crippen LogP contribution in [0.4, 0.5) is 0 Å². The van der Waals surface area contributed by atoms with Crippen molar-refractivity contribution >= 4 is 10.0 Å². The van der Waals surface area contributed by atoms with Crippen molar-refractivity contribution in [3.05, 3.63) is 72.2 Å². The largest absolute Gasteiger partial charge is 0.470 e. The average molecular weight is 426 g/mol. The van der Waals surface area contributed by atoms with E-state index in [1.54, 1.807) is 27.3 Å². The summed E-state index contributed by atoms with van der Waals surface area (Å²) in [5.74, 6) is 0.186. The molecule has 2 aliphatic heterocycles. The van der Waals surface area contributed by atoms with Crippen molar-refractivity contribution in [1.29, 1.82) is 0 Å². The third-order valence-corrected chi connectivity index (χ3v) is 7.50. The predicted molar refractivity (Wildman–Crippen MR) is 110 cm³/mol. The summed E-state index contributed by atoms with van der Waals surface area (Å²) < 4.78 is 36.7. The number of aromatic nitrogens is 3. The Morgan fingerprint density at radius 1 is 1.07 bits per heavy atom. The summed E-state index contributed by atoms with van der Waals surface area (Å²) in [6.07, 6.45) is 5.09. The molecule has 2 aliphatic rings. The smallest absolute Gasteiger partial charge is 0.249 e. The molecule has 8 nitrogen and oxygen atoms in total. The van der Waals surface area contributed by atoms with Crippen LogP contribution in [0.15, 0.2) is 66.0 Å². The Bertz CT molecular complexity index is 1150. The summed E-state index contributed by atoms with van der Waals surface area (Å²) in [6.45, 7) is 2.19. The number of aryl methyl sites for hydroxylation is 1. The van der Waals surface area contributed by atoms with E-state index in [1.165, 1.54) is 0 Å². The van der Waals surface area contributed by atoms with Crippen LogP contribution in [-0.4, -0.2) is 57.6 Å². The van der Waals surface area contributed by atoms with Crippen molar-refractivity contribution in [2.45, 2.75) is 30.1 Å². The quantitative estimate of drug-likeness (QED) is 0.632. The van der Waals surface area contributed by atoms with Gasteiger partial charge in [-0.3, -0.25) is 9.58 Å². The molecule has 2 atom stereocenters. The van der Waals surface area contributed by atoms with Crippen LogP contribution in [0.2, 0.25) is 0 Å². The van der Waals surface area contributed by atoms with Crippen LogP contribution >= 0.6 is 0 Å². The van der Waals surface area contributed by atoms with Crippen LogP contribution in [0.5, 0.6) is 5.88 Å². The highest BCUT2D eigenvalue weighted by Gasteiger charge is 2.47. The molecular formula is C21H23N5O3S. The average Bonchev–Trinajstić information content (AvgIpc) is 3.31. The standard InChI is InChI=1S/C21H23N5O3S/c1-24-11-17(10-23-24)12-25-14-18-19(15-25)29-21-20(8-5-9-22-21)30(27,28)26(18)13-16-6-3-2-4-7-16/h2-11,18-19H,12-15H2,1H3/t18-,19-/m0/s1. The maximum Gasteiger partial charge on any atom is 0.249 e. The minimum absolute atomic E-state index is 0.133. The summed E-state index contributed by atoms with van der Waals surface area (Å²) >= 11 is 0. The van der Waals surface area contributed by atoms with Crippen LogP contribution in [-0.2, 0) is 30.2 Å². The molecule has 9 heteroatoms. The molecule has 5 rings (SSSR count). The molecule has 0 amide bonds. The molecule has 156 valence electrons. The first kappa shape index (κ1) is 19.2. The minimum atomic E-state index is -3.76. The lowest BCUT2D eigenvalue weighted by molar-refractivity contribution is 0.144. The fourth-order valence-corrected chi connectivity index (χ4v) is 5.94. The van der Waals surface area contributed by atoms with Crippen molar-refractivity contribution in [2.75, 3.05) is 13.1 Å². The summed E-state index contributed by atoms with van der Waals surface area (Å²) in [6, 6.07) is 12.6. The second-order valence-corrected chi connectivity index (χ2v) is 9.64. The molecule has 1 saturated heterocycles. The third kappa shape index (κ3) is 3.49. The van der Waals surface area contributed by atoms with E-state index >= 15 is 0 Å². The molecule has 2 aromatic heterocycles. The topological polar surface area (TPSA) is 80.6 Å². The van der Waals surface area contributed by atoms with E-state index in [0.717, 1.165) is 11.1 Å². The van der Waals surface area contributed by atoms with Crippen molar-refractivity contribution in [3.63, 3.8) is 0 Å². The van der Waals surface area contributed by atoms with Gasteiger partial charge >= 0.3 is 0 Å². The van der Waals surface area contributed by atoms with Crippen LogP contribution < -0.4 is 4.74 Å². The Balaban J connectivity index is 1.50. The molecule has 4 heterocycles. The van der Waals surface area contributed by atoms with Gasteiger partial charge < -0.3 is 4.74 Å². The zero-order valence-corrected chi connectivity index (χ0v) is 17.4. The maximum atomic E-state index is 13.6.